The Labute approximate surface area is 154 Å². The number of carbonyl (C=O) groups excluding carboxylic acids is 1. The van der Waals surface area contributed by atoms with E-state index in [0.29, 0.717) is 17.1 Å². The molecular weight excluding hydrogens is 335 g/mol. The minimum Gasteiger partial charge on any atom is -0.400 e. The smallest absolute Gasteiger partial charge is 0.400 e. The van der Waals surface area contributed by atoms with E-state index in [1.807, 2.05) is 52.8 Å². The fourth-order valence-corrected chi connectivity index (χ4v) is 3.10. The van der Waals surface area contributed by atoms with E-state index in [9.17, 15) is 4.79 Å². The van der Waals surface area contributed by atoms with Crippen LogP contribution in [-0.2, 0) is 14.1 Å². The van der Waals surface area contributed by atoms with Crippen molar-refractivity contribution in [2.24, 2.45) is 0 Å². The maximum atomic E-state index is 11.4. The van der Waals surface area contributed by atoms with Gasteiger partial charge in [0.15, 0.2) is 5.12 Å². The van der Waals surface area contributed by atoms with Gasteiger partial charge in [-0.05, 0) is 63.4 Å². The molecule has 0 bridgehead atoms. The Kier molecular flexibility index (Phi) is 5.61. The van der Waals surface area contributed by atoms with Crippen molar-refractivity contribution in [2.75, 3.05) is 17.2 Å². The highest BCUT2D eigenvalue weighted by molar-refractivity contribution is 8.13. The molecule has 1 saturated heterocycles. The minimum atomic E-state index is -0.504. The lowest BCUT2D eigenvalue weighted by atomic mass is 9.78. The summed E-state index contributed by atoms with van der Waals surface area (Å²) in [5, 5.41) is 0.0513. The highest BCUT2D eigenvalue weighted by atomic mass is 32.2. The van der Waals surface area contributed by atoms with Gasteiger partial charge in [-0.25, -0.2) is 0 Å². The molecule has 2 rings (SSSR count). The van der Waals surface area contributed by atoms with Crippen LogP contribution in [0.4, 0.5) is 11.4 Å². The van der Waals surface area contributed by atoms with Gasteiger partial charge in [-0.3, -0.25) is 4.79 Å². The molecule has 5 nitrogen and oxygen atoms in total. The molecule has 4 N–H and O–H groups in total. The van der Waals surface area contributed by atoms with Crippen molar-refractivity contribution >= 4 is 41.4 Å². The number of anilines is 2. The summed E-state index contributed by atoms with van der Waals surface area (Å²) in [7, 11) is -0.504. The number of thioether (sulfide) groups is 1. The lowest BCUT2D eigenvalue weighted by Crippen LogP contribution is -2.41. The number of benzene rings is 1. The van der Waals surface area contributed by atoms with Crippen molar-refractivity contribution in [1.82, 2.24) is 0 Å². The van der Waals surface area contributed by atoms with E-state index in [0.717, 1.165) is 16.6 Å². The molecule has 1 aromatic carbocycles. The molecule has 0 radical (unpaired) electrons. The van der Waals surface area contributed by atoms with Crippen molar-refractivity contribution in [1.29, 1.82) is 0 Å². The standard InChI is InChI=1S/C18H27BN2O3S/c1-11-7-13(9-15(20)16(11)21)8-14(10-25-12(2)22)19-23-17(3,4)18(5,6)24-19/h7-9H,10,20-21H2,1-6H3. The molecule has 1 fully saturated rings. The van der Waals surface area contributed by atoms with E-state index < -0.39 is 18.3 Å². The number of nitrogen functional groups attached to an aromatic ring is 2. The van der Waals surface area contributed by atoms with Crippen LogP contribution >= 0.6 is 11.8 Å². The van der Waals surface area contributed by atoms with Gasteiger partial charge in [0.05, 0.1) is 22.6 Å². The molecule has 1 heterocycles. The second kappa shape index (κ2) is 7.06. The first-order valence-electron chi connectivity index (χ1n) is 8.28. The first-order valence-corrected chi connectivity index (χ1v) is 9.26. The van der Waals surface area contributed by atoms with Gasteiger partial charge in [0.2, 0.25) is 0 Å². The monoisotopic (exact) mass is 362 g/mol. The fraction of sp³-hybridized carbons (Fsp3) is 0.500. The van der Waals surface area contributed by atoms with Crippen LogP contribution in [0.2, 0.25) is 0 Å². The van der Waals surface area contributed by atoms with Crippen LogP contribution in [0.5, 0.6) is 0 Å². The average Bonchev–Trinajstić information content (AvgIpc) is 2.68. The molecule has 0 amide bonds. The topological polar surface area (TPSA) is 87.6 Å². The van der Waals surface area contributed by atoms with Gasteiger partial charge in [0.1, 0.15) is 0 Å². The van der Waals surface area contributed by atoms with E-state index in [4.69, 9.17) is 20.8 Å². The van der Waals surface area contributed by atoms with E-state index >= 15 is 0 Å². The fourth-order valence-electron chi connectivity index (χ4n) is 2.51. The first kappa shape index (κ1) is 19.9. The van der Waals surface area contributed by atoms with Crippen molar-refractivity contribution in [3.05, 3.63) is 28.7 Å². The third-order valence-electron chi connectivity index (χ3n) is 4.79. The SMILES string of the molecule is CC(=O)SCC(=Cc1cc(C)c(N)c(N)c1)B1OC(C)(C)C(C)(C)O1. The number of rotatable bonds is 4. The molecule has 0 spiro atoms. The Hall–Kier alpha value is -1.44. The molecule has 0 aliphatic carbocycles. The number of carbonyl (C=O) groups is 1. The Morgan fingerprint density at radius 1 is 1.20 bits per heavy atom. The van der Waals surface area contributed by atoms with Crippen LogP contribution in [0.1, 0.15) is 45.7 Å². The zero-order valence-corrected chi connectivity index (χ0v) is 16.6. The summed E-state index contributed by atoms with van der Waals surface area (Å²) in [6, 6.07) is 3.79. The third kappa shape index (κ3) is 4.40. The van der Waals surface area contributed by atoms with Gasteiger partial charge in [-0.2, -0.15) is 0 Å². The van der Waals surface area contributed by atoms with Gasteiger partial charge >= 0.3 is 7.12 Å². The maximum absolute atomic E-state index is 11.4. The molecule has 1 aliphatic heterocycles. The number of hydrogen-bond acceptors (Lipinski definition) is 6. The van der Waals surface area contributed by atoms with Crippen LogP contribution in [0, 0.1) is 6.92 Å². The molecular formula is C18H27BN2O3S. The highest BCUT2D eigenvalue weighted by Crippen LogP contribution is 2.39. The largest absolute Gasteiger partial charge is 0.491 e. The zero-order valence-electron chi connectivity index (χ0n) is 15.8. The minimum absolute atomic E-state index is 0.0513. The predicted molar refractivity (Wildman–Crippen MR) is 107 cm³/mol. The van der Waals surface area contributed by atoms with E-state index in [-0.39, 0.29) is 5.12 Å². The van der Waals surface area contributed by atoms with E-state index in [1.54, 1.807) is 6.92 Å². The van der Waals surface area contributed by atoms with Crippen LogP contribution in [0.25, 0.3) is 6.08 Å². The average molecular weight is 362 g/mol. The number of aryl methyl sites for hydroxylation is 1. The first-order chi connectivity index (χ1) is 11.4. The second-order valence-corrected chi connectivity index (χ2v) is 8.58. The normalized spacial score (nSPS) is 19.3. The summed E-state index contributed by atoms with van der Waals surface area (Å²) in [6.45, 7) is 11.5. The Morgan fingerprint density at radius 2 is 1.76 bits per heavy atom. The van der Waals surface area contributed by atoms with Gasteiger partial charge in [0, 0.05) is 12.7 Å². The van der Waals surface area contributed by atoms with Gasteiger partial charge in [-0.15, -0.1) is 0 Å². The van der Waals surface area contributed by atoms with Crippen LogP contribution in [-0.4, -0.2) is 29.2 Å². The molecule has 0 aromatic heterocycles. The van der Waals surface area contributed by atoms with Gasteiger partial charge in [0.25, 0.3) is 0 Å². The highest BCUT2D eigenvalue weighted by Gasteiger charge is 2.52. The summed E-state index contributed by atoms with van der Waals surface area (Å²) in [6.07, 6.45) is 1.97. The Balaban J connectivity index is 2.38. The van der Waals surface area contributed by atoms with Gasteiger partial charge in [-0.1, -0.05) is 17.8 Å². The summed E-state index contributed by atoms with van der Waals surface area (Å²) >= 11 is 1.23. The summed E-state index contributed by atoms with van der Waals surface area (Å²) in [4.78, 5) is 11.4. The summed E-state index contributed by atoms with van der Waals surface area (Å²) in [5.41, 5.74) is 14.9. The van der Waals surface area contributed by atoms with Crippen molar-refractivity contribution in [2.45, 2.75) is 52.7 Å². The van der Waals surface area contributed by atoms with Gasteiger partial charge < -0.3 is 20.8 Å². The van der Waals surface area contributed by atoms with Crippen molar-refractivity contribution < 1.29 is 14.1 Å². The quantitative estimate of drug-likeness (QED) is 0.630. The molecule has 0 unspecified atom stereocenters. The summed E-state index contributed by atoms with van der Waals surface area (Å²) < 4.78 is 12.3. The van der Waals surface area contributed by atoms with Crippen LogP contribution in [0.3, 0.4) is 0 Å². The van der Waals surface area contributed by atoms with Crippen LogP contribution < -0.4 is 11.5 Å². The summed E-state index contributed by atoms with van der Waals surface area (Å²) in [5.74, 6) is 0.496. The molecule has 0 saturated carbocycles. The van der Waals surface area contributed by atoms with Crippen molar-refractivity contribution in [3.8, 4) is 0 Å². The molecule has 0 atom stereocenters. The lowest BCUT2D eigenvalue weighted by Gasteiger charge is -2.32. The molecule has 136 valence electrons. The zero-order chi connectivity index (χ0) is 19.0. The molecule has 1 aromatic rings. The Morgan fingerprint density at radius 3 is 2.24 bits per heavy atom. The third-order valence-corrected chi connectivity index (χ3v) is 5.68. The van der Waals surface area contributed by atoms with Crippen molar-refractivity contribution in [3.63, 3.8) is 0 Å². The number of hydrogen-bond donors (Lipinski definition) is 2. The van der Waals surface area contributed by atoms with E-state index in [1.165, 1.54) is 11.8 Å². The van der Waals surface area contributed by atoms with E-state index in [2.05, 4.69) is 0 Å². The Bertz CT molecular complexity index is 677. The molecule has 7 heteroatoms. The molecule has 1 aliphatic rings. The lowest BCUT2D eigenvalue weighted by molar-refractivity contribution is -0.109. The predicted octanol–water partition coefficient (Wildman–Crippen LogP) is 3.45. The second-order valence-electron chi connectivity index (χ2n) is 7.43. The maximum Gasteiger partial charge on any atom is 0.491 e. The van der Waals surface area contributed by atoms with Crippen LogP contribution in [0.15, 0.2) is 17.6 Å². The number of nitrogens with two attached hydrogens (primary N) is 2. The molecule has 25 heavy (non-hydrogen) atoms.